The Labute approximate surface area is 177 Å². The van der Waals surface area contributed by atoms with Crippen molar-refractivity contribution in [3.05, 3.63) is 0 Å². The van der Waals surface area contributed by atoms with Crippen LogP contribution in [0.5, 0.6) is 0 Å². The van der Waals surface area contributed by atoms with Gasteiger partial charge in [-0.05, 0) is 45.1 Å². The first kappa shape index (κ1) is 22.2. The molecule has 3 aliphatic rings. The molecule has 6 heteroatoms. The molecule has 0 spiro atoms. The SMILES string of the molecule is CN=C(NCC1CN2CCCC2CO1)NC(C)CCC1CCCCC1.I. The van der Waals surface area contributed by atoms with E-state index in [9.17, 15) is 0 Å². The van der Waals surface area contributed by atoms with E-state index in [2.05, 4.69) is 27.4 Å². The van der Waals surface area contributed by atoms with E-state index in [1.54, 1.807) is 0 Å². The van der Waals surface area contributed by atoms with Crippen molar-refractivity contribution >= 4 is 29.9 Å². The van der Waals surface area contributed by atoms with E-state index in [4.69, 9.17) is 4.74 Å². The Bertz CT molecular complexity index is 428. The predicted octanol–water partition coefficient (Wildman–Crippen LogP) is 3.38. The van der Waals surface area contributed by atoms with Gasteiger partial charge in [0.1, 0.15) is 0 Å². The highest BCUT2D eigenvalue weighted by Crippen LogP contribution is 2.27. The summed E-state index contributed by atoms with van der Waals surface area (Å²) in [7, 11) is 1.86. The Morgan fingerprint density at radius 3 is 2.77 bits per heavy atom. The van der Waals surface area contributed by atoms with Crippen molar-refractivity contribution in [2.45, 2.75) is 82.9 Å². The second-order valence-corrected chi connectivity index (χ2v) is 8.33. The zero-order valence-corrected chi connectivity index (χ0v) is 19.0. The number of hydrogen-bond donors (Lipinski definition) is 2. The molecule has 0 amide bonds. The molecule has 3 unspecified atom stereocenters. The zero-order chi connectivity index (χ0) is 17.5. The van der Waals surface area contributed by atoms with Gasteiger partial charge in [-0.15, -0.1) is 24.0 Å². The van der Waals surface area contributed by atoms with Crippen LogP contribution in [0.15, 0.2) is 4.99 Å². The summed E-state index contributed by atoms with van der Waals surface area (Å²) in [5.74, 6) is 1.88. The molecule has 2 saturated heterocycles. The Kier molecular flexibility index (Phi) is 9.99. The number of hydrogen-bond acceptors (Lipinski definition) is 3. The van der Waals surface area contributed by atoms with Crippen molar-refractivity contribution in [1.29, 1.82) is 0 Å². The van der Waals surface area contributed by atoms with Crippen LogP contribution in [0.25, 0.3) is 0 Å². The molecule has 152 valence electrons. The van der Waals surface area contributed by atoms with Crippen molar-refractivity contribution < 1.29 is 4.74 Å². The Morgan fingerprint density at radius 2 is 2.00 bits per heavy atom. The van der Waals surface area contributed by atoms with E-state index >= 15 is 0 Å². The Balaban J connectivity index is 0.00000243. The second kappa shape index (κ2) is 11.7. The van der Waals surface area contributed by atoms with Crippen molar-refractivity contribution in [1.82, 2.24) is 15.5 Å². The molecular weight excluding hydrogens is 439 g/mol. The van der Waals surface area contributed by atoms with E-state index in [1.165, 1.54) is 64.3 Å². The number of rotatable bonds is 6. The van der Waals surface area contributed by atoms with Crippen molar-refractivity contribution in [3.63, 3.8) is 0 Å². The van der Waals surface area contributed by atoms with Crippen LogP contribution in [0.2, 0.25) is 0 Å². The van der Waals surface area contributed by atoms with E-state index in [0.29, 0.717) is 12.1 Å². The first-order valence-corrected chi connectivity index (χ1v) is 10.6. The molecule has 2 heterocycles. The van der Waals surface area contributed by atoms with Gasteiger partial charge in [-0.25, -0.2) is 0 Å². The van der Waals surface area contributed by atoms with Gasteiger partial charge < -0.3 is 15.4 Å². The number of nitrogens with zero attached hydrogens (tertiary/aromatic N) is 2. The molecule has 1 saturated carbocycles. The second-order valence-electron chi connectivity index (χ2n) is 8.33. The third-order valence-corrected chi connectivity index (χ3v) is 6.30. The lowest BCUT2D eigenvalue weighted by atomic mass is 9.85. The number of halogens is 1. The highest BCUT2D eigenvalue weighted by atomic mass is 127. The van der Waals surface area contributed by atoms with Crippen LogP contribution in [-0.4, -0.2) is 62.3 Å². The number of aliphatic imine (C=N–C) groups is 1. The average Bonchev–Trinajstić information content (AvgIpc) is 3.12. The molecular formula is C20H39IN4O. The maximum absolute atomic E-state index is 6.03. The van der Waals surface area contributed by atoms with Gasteiger partial charge in [0.25, 0.3) is 0 Å². The molecule has 3 rings (SSSR count). The maximum atomic E-state index is 6.03. The average molecular weight is 478 g/mol. The summed E-state index contributed by atoms with van der Waals surface area (Å²) in [6.45, 7) is 6.33. The maximum Gasteiger partial charge on any atom is 0.191 e. The molecule has 26 heavy (non-hydrogen) atoms. The zero-order valence-electron chi connectivity index (χ0n) is 16.7. The number of ether oxygens (including phenoxy) is 1. The summed E-state index contributed by atoms with van der Waals surface area (Å²) in [5, 5.41) is 7.04. The van der Waals surface area contributed by atoms with E-state index in [1.807, 2.05) is 7.05 Å². The molecule has 0 radical (unpaired) electrons. The Hall–Kier alpha value is -0.0800. The molecule has 3 atom stereocenters. The van der Waals surface area contributed by atoms with Crippen LogP contribution in [0.3, 0.4) is 0 Å². The summed E-state index contributed by atoms with van der Waals surface area (Å²) in [6.07, 6.45) is 12.7. The molecule has 0 aromatic heterocycles. The molecule has 3 fully saturated rings. The van der Waals surface area contributed by atoms with E-state index < -0.39 is 0 Å². The van der Waals surface area contributed by atoms with Crippen molar-refractivity contribution in [3.8, 4) is 0 Å². The van der Waals surface area contributed by atoms with Gasteiger partial charge in [-0.2, -0.15) is 0 Å². The van der Waals surface area contributed by atoms with E-state index in [0.717, 1.165) is 31.6 Å². The van der Waals surface area contributed by atoms with E-state index in [-0.39, 0.29) is 30.1 Å². The first-order chi connectivity index (χ1) is 12.2. The van der Waals surface area contributed by atoms with Gasteiger partial charge >= 0.3 is 0 Å². The van der Waals surface area contributed by atoms with Crippen molar-refractivity contribution in [2.75, 3.05) is 33.3 Å². The third kappa shape index (κ3) is 6.82. The molecule has 2 N–H and O–H groups in total. The lowest BCUT2D eigenvalue weighted by Gasteiger charge is -2.35. The topological polar surface area (TPSA) is 48.9 Å². The number of guanidine groups is 1. The van der Waals surface area contributed by atoms with Crippen LogP contribution >= 0.6 is 24.0 Å². The fraction of sp³-hybridized carbons (Fsp3) is 0.950. The number of fused-ring (bicyclic) bond motifs is 1. The molecule has 1 aliphatic carbocycles. The number of nitrogens with one attached hydrogen (secondary N) is 2. The summed E-state index contributed by atoms with van der Waals surface area (Å²) < 4.78 is 6.03. The standard InChI is InChI=1S/C20H38N4O.HI/c1-16(10-11-17-7-4-3-5-8-17)23-20(21-2)22-13-19-14-24-12-6-9-18(24)15-25-19;/h16-19H,3-15H2,1-2H3,(H2,21,22,23);1H. The summed E-state index contributed by atoms with van der Waals surface area (Å²) >= 11 is 0. The number of morpholine rings is 1. The van der Waals surface area contributed by atoms with Gasteiger partial charge in [0.2, 0.25) is 0 Å². The summed E-state index contributed by atoms with van der Waals surface area (Å²) in [4.78, 5) is 7.00. The first-order valence-electron chi connectivity index (χ1n) is 10.6. The minimum Gasteiger partial charge on any atom is -0.373 e. The Morgan fingerprint density at radius 1 is 1.19 bits per heavy atom. The van der Waals surface area contributed by atoms with Gasteiger partial charge in [0.05, 0.1) is 12.7 Å². The van der Waals surface area contributed by atoms with Gasteiger partial charge in [0.15, 0.2) is 5.96 Å². The molecule has 2 aliphatic heterocycles. The fourth-order valence-corrected chi connectivity index (χ4v) is 4.68. The molecule has 0 aromatic rings. The van der Waals surface area contributed by atoms with Gasteiger partial charge in [-0.3, -0.25) is 9.89 Å². The molecule has 5 nitrogen and oxygen atoms in total. The fourth-order valence-electron chi connectivity index (χ4n) is 4.68. The highest BCUT2D eigenvalue weighted by molar-refractivity contribution is 14.0. The third-order valence-electron chi connectivity index (χ3n) is 6.30. The normalized spacial score (nSPS) is 28.9. The highest BCUT2D eigenvalue weighted by Gasteiger charge is 2.32. The predicted molar refractivity (Wildman–Crippen MR) is 120 cm³/mol. The van der Waals surface area contributed by atoms with Crippen LogP contribution in [-0.2, 0) is 4.74 Å². The van der Waals surface area contributed by atoms with Crippen LogP contribution in [0.1, 0.15) is 64.7 Å². The van der Waals surface area contributed by atoms with Crippen LogP contribution < -0.4 is 10.6 Å². The largest absolute Gasteiger partial charge is 0.373 e. The van der Waals surface area contributed by atoms with Gasteiger partial charge in [0, 0.05) is 32.2 Å². The lowest BCUT2D eigenvalue weighted by Crippen LogP contribution is -2.52. The lowest BCUT2D eigenvalue weighted by molar-refractivity contribution is -0.0453. The molecule has 0 aromatic carbocycles. The summed E-state index contributed by atoms with van der Waals surface area (Å²) in [6, 6.07) is 1.15. The van der Waals surface area contributed by atoms with Crippen molar-refractivity contribution in [2.24, 2.45) is 10.9 Å². The molecule has 0 bridgehead atoms. The van der Waals surface area contributed by atoms with Crippen LogP contribution in [0.4, 0.5) is 0 Å². The smallest absolute Gasteiger partial charge is 0.191 e. The quantitative estimate of drug-likeness (QED) is 0.349. The minimum atomic E-state index is 0. The minimum absolute atomic E-state index is 0. The van der Waals surface area contributed by atoms with Crippen LogP contribution in [0, 0.1) is 5.92 Å². The summed E-state index contributed by atoms with van der Waals surface area (Å²) in [5.41, 5.74) is 0. The van der Waals surface area contributed by atoms with Gasteiger partial charge in [-0.1, -0.05) is 32.1 Å². The monoisotopic (exact) mass is 478 g/mol.